The number of anilines is 2. The zero-order chi connectivity index (χ0) is 25.8. The molecule has 10 nitrogen and oxygen atoms in total. The number of nitrogens with one attached hydrogen (secondary N) is 2. The molecule has 0 saturated carbocycles. The number of aromatic nitrogens is 3. The molecule has 1 aliphatic heterocycles. The van der Waals surface area contributed by atoms with Crippen LogP contribution in [0.4, 0.5) is 20.7 Å². The van der Waals surface area contributed by atoms with Crippen molar-refractivity contribution < 1.29 is 18.7 Å². The molecule has 1 saturated heterocycles. The maximum atomic E-state index is 12.9. The summed E-state index contributed by atoms with van der Waals surface area (Å²) in [5.74, 6) is 0.818. The minimum atomic E-state index is -0.636. The quantitative estimate of drug-likeness (QED) is 0.412. The van der Waals surface area contributed by atoms with E-state index in [4.69, 9.17) is 4.74 Å². The van der Waals surface area contributed by atoms with Gasteiger partial charge in [0.25, 0.3) is 5.91 Å². The number of piperazine rings is 1. The van der Waals surface area contributed by atoms with Crippen molar-refractivity contribution >= 4 is 29.1 Å². The summed E-state index contributed by atoms with van der Waals surface area (Å²) in [6.07, 6.45) is 1.62. The molecule has 1 aliphatic rings. The Balaban J connectivity index is 1.24. The molecule has 0 aliphatic carbocycles. The number of benzene rings is 2. The number of hydrogen-bond donors (Lipinski definition) is 2. The van der Waals surface area contributed by atoms with Crippen LogP contribution in [0.2, 0.25) is 0 Å². The third-order valence-corrected chi connectivity index (χ3v) is 5.98. The number of ether oxygens (including phenoxy) is 1. The summed E-state index contributed by atoms with van der Waals surface area (Å²) in [4.78, 5) is 33.4. The molecule has 2 aromatic heterocycles. The normalized spacial score (nSPS) is 13.9. The van der Waals surface area contributed by atoms with Crippen LogP contribution in [0.15, 0.2) is 66.9 Å². The highest BCUT2D eigenvalue weighted by Gasteiger charge is 2.20. The van der Waals surface area contributed by atoms with E-state index in [-0.39, 0.29) is 11.9 Å². The van der Waals surface area contributed by atoms with Gasteiger partial charge >= 0.3 is 6.03 Å². The molecule has 37 heavy (non-hydrogen) atoms. The molecule has 3 heterocycles. The number of alkyl halides is 1. The molecule has 2 aromatic carbocycles. The average Bonchev–Trinajstić information content (AvgIpc) is 3.30. The number of carbonyl (C=O) groups is 2. The molecule has 0 bridgehead atoms. The van der Waals surface area contributed by atoms with Crippen molar-refractivity contribution in [2.24, 2.45) is 0 Å². The lowest BCUT2D eigenvalue weighted by atomic mass is 10.1. The van der Waals surface area contributed by atoms with E-state index in [2.05, 4.69) is 25.6 Å². The standard InChI is InChI=1S/C26H26FN7O3/c1-32-10-12-33(13-11-32)26(36)30-22-17-34-23(29-22)8-9-24(31-34)37-21-7-3-6-20(15-21)28-25(35)19-5-2-4-18(14-19)16-27/h2-9,14-15,17H,10-13,16H2,1H3,(H,28,35)(H,30,36). The SMILES string of the molecule is CN1CCN(C(=O)Nc2cn3nc(Oc4cccc(NC(=O)c5cccc(CF)c5)c4)ccc3n2)CC1. The molecular formula is C26H26FN7O3. The summed E-state index contributed by atoms with van der Waals surface area (Å²) in [5.41, 5.74) is 1.88. The van der Waals surface area contributed by atoms with Gasteiger partial charge in [-0.15, -0.1) is 5.10 Å². The molecule has 1 fully saturated rings. The summed E-state index contributed by atoms with van der Waals surface area (Å²) in [5, 5.41) is 10.0. The van der Waals surface area contributed by atoms with Crippen molar-refractivity contribution in [1.29, 1.82) is 0 Å². The maximum Gasteiger partial charge on any atom is 0.323 e. The monoisotopic (exact) mass is 503 g/mol. The molecule has 11 heteroatoms. The number of amides is 3. The van der Waals surface area contributed by atoms with Crippen molar-refractivity contribution in [3.8, 4) is 11.6 Å². The lowest BCUT2D eigenvalue weighted by Gasteiger charge is -2.32. The zero-order valence-corrected chi connectivity index (χ0v) is 20.2. The number of likely N-dealkylation sites (N-methyl/N-ethyl adjacent to an activating group) is 1. The second kappa shape index (κ2) is 10.6. The lowest BCUT2D eigenvalue weighted by molar-refractivity contribution is 0.102. The number of imidazole rings is 1. The third-order valence-electron chi connectivity index (χ3n) is 5.98. The number of carbonyl (C=O) groups excluding carboxylic acids is 2. The molecule has 4 aromatic rings. The van der Waals surface area contributed by atoms with E-state index in [1.165, 1.54) is 10.6 Å². The van der Waals surface area contributed by atoms with E-state index in [0.717, 1.165) is 13.1 Å². The van der Waals surface area contributed by atoms with Gasteiger partial charge in [-0.2, -0.15) is 0 Å². The van der Waals surface area contributed by atoms with Crippen molar-refractivity contribution in [3.05, 3.63) is 78.0 Å². The number of hydrogen-bond acceptors (Lipinski definition) is 6. The third kappa shape index (κ3) is 5.84. The number of fused-ring (bicyclic) bond motifs is 1. The van der Waals surface area contributed by atoms with Crippen LogP contribution in [0.5, 0.6) is 11.6 Å². The summed E-state index contributed by atoms with van der Waals surface area (Å²) in [7, 11) is 2.03. The van der Waals surface area contributed by atoms with Gasteiger partial charge in [0.2, 0.25) is 5.88 Å². The molecule has 5 rings (SSSR count). The first-order chi connectivity index (χ1) is 18.0. The van der Waals surface area contributed by atoms with Gasteiger partial charge in [0.15, 0.2) is 11.5 Å². The fraction of sp³-hybridized carbons (Fsp3) is 0.231. The smallest absolute Gasteiger partial charge is 0.323 e. The van der Waals surface area contributed by atoms with Gasteiger partial charge in [0.1, 0.15) is 12.4 Å². The van der Waals surface area contributed by atoms with E-state index in [1.54, 1.807) is 65.7 Å². The Hall–Kier alpha value is -4.51. The first-order valence-corrected chi connectivity index (χ1v) is 11.8. The van der Waals surface area contributed by atoms with Gasteiger partial charge in [-0.1, -0.05) is 18.2 Å². The number of nitrogens with zero attached hydrogens (tertiary/aromatic N) is 5. The van der Waals surface area contributed by atoms with Gasteiger partial charge in [-0.05, 0) is 42.9 Å². The molecule has 2 N–H and O–H groups in total. The largest absolute Gasteiger partial charge is 0.438 e. The fourth-order valence-corrected chi connectivity index (χ4v) is 3.93. The Morgan fingerprint density at radius 1 is 1.00 bits per heavy atom. The zero-order valence-electron chi connectivity index (χ0n) is 20.2. The average molecular weight is 504 g/mol. The van der Waals surface area contributed by atoms with E-state index in [1.807, 2.05) is 7.05 Å². The van der Waals surface area contributed by atoms with E-state index < -0.39 is 6.67 Å². The molecule has 3 amide bonds. The fourth-order valence-electron chi connectivity index (χ4n) is 3.93. The van der Waals surface area contributed by atoms with Crippen LogP contribution in [0.25, 0.3) is 5.65 Å². The summed E-state index contributed by atoms with van der Waals surface area (Å²) >= 11 is 0. The highest BCUT2D eigenvalue weighted by Crippen LogP contribution is 2.24. The summed E-state index contributed by atoms with van der Waals surface area (Å²) in [6.45, 7) is 2.35. The van der Waals surface area contributed by atoms with Crippen LogP contribution in [0.3, 0.4) is 0 Å². The first kappa shape index (κ1) is 24.2. The van der Waals surface area contributed by atoms with E-state index >= 15 is 0 Å². The molecule has 190 valence electrons. The van der Waals surface area contributed by atoms with Crippen molar-refractivity contribution in [2.45, 2.75) is 6.67 Å². The lowest BCUT2D eigenvalue weighted by Crippen LogP contribution is -2.48. The minimum absolute atomic E-state index is 0.191. The Morgan fingerprint density at radius 2 is 1.81 bits per heavy atom. The van der Waals surface area contributed by atoms with Crippen LogP contribution >= 0.6 is 0 Å². The second-order valence-electron chi connectivity index (χ2n) is 8.74. The molecule has 0 spiro atoms. The molecular weight excluding hydrogens is 477 g/mol. The predicted octanol–water partition coefficient (Wildman–Crippen LogP) is 4.02. The van der Waals surface area contributed by atoms with Crippen molar-refractivity contribution in [1.82, 2.24) is 24.4 Å². The minimum Gasteiger partial charge on any atom is -0.438 e. The molecule has 0 unspecified atom stereocenters. The van der Waals surface area contributed by atoms with Gasteiger partial charge in [0, 0.05) is 49.6 Å². The molecule has 0 atom stereocenters. The van der Waals surface area contributed by atoms with E-state index in [9.17, 15) is 14.0 Å². The summed E-state index contributed by atoms with van der Waals surface area (Å²) in [6, 6.07) is 16.5. The highest BCUT2D eigenvalue weighted by atomic mass is 19.1. The van der Waals surface area contributed by atoms with Gasteiger partial charge in [0.05, 0.1) is 6.20 Å². The van der Waals surface area contributed by atoms with Crippen LogP contribution in [0.1, 0.15) is 15.9 Å². The van der Waals surface area contributed by atoms with Crippen LogP contribution < -0.4 is 15.4 Å². The Bertz CT molecular complexity index is 1430. The van der Waals surface area contributed by atoms with Gasteiger partial charge in [-0.3, -0.25) is 10.1 Å². The van der Waals surface area contributed by atoms with Crippen LogP contribution in [-0.4, -0.2) is 69.6 Å². The Labute approximate surface area is 212 Å². The maximum absolute atomic E-state index is 12.9. The predicted molar refractivity (Wildman–Crippen MR) is 137 cm³/mol. The van der Waals surface area contributed by atoms with Crippen LogP contribution in [-0.2, 0) is 6.67 Å². The van der Waals surface area contributed by atoms with Crippen molar-refractivity contribution in [2.75, 3.05) is 43.9 Å². The van der Waals surface area contributed by atoms with Gasteiger partial charge in [-0.25, -0.2) is 18.7 Å². The number of rotatable bonds is 6. The van der Waals surface area contributed by atoms with Crippen molar-refractivity contribution in [3.63, 3.8) is 0 Å². The number of urea groups is 1. The Kier molecular flexibility index (Phi) is 6.95. The summed E-state index contributed by atoms with van der Waals surface area (Å²) < 4.78 is 20.3. The first-order valence-electron chi connectivity index (χ1n) is 11.8. The highest BCUT2D eigenvalue weighted by molar-refractivity contribution is 6.04. The van der Waals surface area contributed by atoms with Crippen LogP contribution in [0, 0.1) is 0 Å². The second-order valence-corrected chi connectivity index (χ2v) is 8.74. The topological polar surface area (TPSA) is 104 Å². The Morgan fingerprint density at radius 3 is 2.62 bits per heavy atom. The molecule has 0 radical (unpaired) electrons. The number of halogens is 1. The van der Waals surface area contributed by atoms with E-state index in [0.29, 0.717) is 53.0 Å². The van der Waals surface area contributed by atoms with Gasteiger partial charge < -0.3 is 19.9 Å².